The highest BCUT2D eigenvalue weighted by Crippen LogP contribution is 2.16. The van der Waals surface area contributed by atoms with E-state index >= 15 is 0 Å². The number of ether oxygens (including phenoxy) is 1. The summed E-state index contributed by atoms with van der Waals surface area (Å²) < 4.78 is 5.14. The fourth-order valence-corrected chi connectivity index (χ4v) is 3.20. The molecule has 0 aromatic heterocycles. The van der Waals surface area contributed by atoms with Crippen LogP contribution in [-0.4, -0.2) is 56.0 Å². The molecule has 3 rings (SSSR count). The maximum absolute atomic E-state index is 12.7. The van der Waals surface area contributed by atoms with Crippen molar-refractivity contribution in [1.82, 2.24) is 10.2 Å². The predicted molar refractivity (Wildman–Crippen MR) is 105 cm³/mol. The minimum atomic E-state index is -0.577. The lowest BCUT2D eigenvalue weighted by Crippen LogP contribution is -2.54. The third-order valence-corrected chi connectivity index (χ3v) is 4.76. The molecular weight excluding hydrogens is 342 g/mol. The molecule has 1 heterocycles. The summed E-state index contributed by atoms with van der Waals surface area (Å²) in [6, 6.07) is 16.5. The van der Waals surface area contributed by atoms with E-state index in [1.54, 1.807) is 38.3 Å². The summed E-state index contributed by atoms with van der Waals surface area (Å²) in [5.41, 5.74) is 1.65. The number of anilines is 1. The lowest BCUT2D eigenvalue weighted by atomic mass is 10.1. The third-order valence-electron chi connectivity index (χ3n) is 4.76. The number of methoxy groups -OCH3 is 1. The van der Waals surface area contributed by atoms with Gasteiger partial charge in [-0.15, -0.1) is 0 Å². The molecule has 0 unspecified atom stereocenters. The third kappa shape index (κ3) is 4.58. The fraction of sp³-hybridized carbons (Fsp3) is 0.333. The summed E-state index contributed by atoms with van der Waals surface area (Å²) >= 11 is 0. The van der Waals surface area contributed by atoms with Crippen LogP contribution in [0.1, 0.15) is 17.3 Å². The molecule has 2 amide bonds. The van der Waals surface area contributed by atoms with Gasteiger partial charge in [0.25, 0.3) is 5.91 Å². The molecule has 0 saturated carbocycles. The Bertz CT molecular complexity index is 786. The number of amides is 2. The fourth-order valence-electron chi connectivity index (χ4n) is 3.20. The second-order valence-corrected chi connectivity index (χ2v) is 6.57. The molecule has 1 aliphatic heterocycles. The molecule has 1 saturated heterocycles. The molecule has 0 bridgehead atoms. The average molecular weight is 367 g/mol. The molecule has 1 atom stereocenters. The van der Waals surface area contributed by atoms with Crippen LogP contribution in [0.3, 0.4) is 0 Å². The first-order chi connectivity index (χ1) is 13.1. The van der Waals surface area contributed by atoms with E-state index in [9.17, 15) is 9.59 Å². The van der Waals surface area contributed by atoms with E-state index in [0.29, 0.717) is 24.4 Å². The summed E-state index contributed by atoms with van der Waals surface area (Å²) in [5.74, 6) is 0.273. The number of carbonyl (C=O) groups excluding carboxylic acids is 2. The van der Waals surface area contributed by atoms with E-state index < -0.39 is 6.04 Å². The Labute approximate surface area is 159 Å². The number of nitrogens with zero attached hydrogens (tertiary/aromatic N) is 2. The molecule has 0 aliphatic carbocycles. The first kappa shape index (κ1) is 18.8. The van der Waals surface area contributed by atoms with Gasteiger partial charge in [-0.1, -0.05) is 24.3 Å². The van der Waals surface area contributed by atoms with Gasteiger partial charge in [-0.25, -0.2) is 0 Å². The van der Waals surface area contributed by atoms with Crippen molar-refractivity contribution < 1.29 is 14.3 Å². The molecule has 0 spiro atoms. The standard InChI is InChI=1S/C21H25N3O3/c1-16(22-20(25)17-7-6-10-19(15-17)27-2)21(26)24-13-11-23(12-14-24)18-8-4-3-5-9-18/h3-10,15-16H,11-14H2,1-2H3,(H,22,25)/t16-/m0/s1. The van der Waals surface area contributed by atoms with E-state index in [0.717, 1.165) is 13.1 Å². The SMILES string of the molecule is COc1cccc(C(=O)N[C@@H](C)C(=O)N2CCN(c3ccccc3)CC2)c1. The number of nitrogens with one attached hydrogen (secondary N) is 1. The Balaban J connectivity index is 1.54. The smallest absolute Gasteiger partial charge is 0.252 e. The number of para-hydroxylation sites is 1. The van der Waals surface area contributed by atoms with Crippen LogP contribution in [0.25, 0.3) is 0 Å². The summed E-state index contributed by atoms with van der Waals surface area (Å²) in [5, 5.41) is 2.79. The van der Waals surface area contributed by atoms with Gasteiger partial charge in [0.05, 0.1) is 7.11 Å². The van der Waals surface area contributed by atoms with Crippen LogP contribution >= 0.6 is 0 Å². The number of benzene rings is 2. The van der Waals surface area contributed by atoms with Crippen molar-refractivity contribution in [3.05, 3.63) is 60.2 Å². The van der Waals surface area contributed by atoms with Gasteiger partial charge in [-0.05, 0) is 37.3 Å². The Morgan fingerprint density at radius 3 is 2.37 bits per heavy atom. The molecule has 142 valence electrons. The highest BCUT2D eigenvalue weighted by atomic mass is 16.5. The minimum Gasteiger partial charge on any atom is -0.497 e. The minimum absolute atomic E-state index is 0.0565. The van der Waals surface area contributed by atoms with Crippen LogP contribution in [0.15, 0.2) is 54.6 Å². The summed E-state index contributed by atoms with van der Waals surface area (Å²) in [4.78, 5) is 29.2. The maximum atomic E-state index is 12.7. The van der Waals surface area contributed by atoms with Crippen molar-refractivity contribution in [2.24, 2.45) is 0 Å². The highest BCUT2D eigenvalue weighted by Gasteiger charge is 2.26. The van der Waals surface area contributed by atoms with Crippen molar-refractivity contribution in [3.8, 4) is 5.75 Å². The number of carbonyl (C=O) groups is 2. The van der Waals surface area contributed by atoms with Gasteiger partial charge in [0.15, 0.2) is 0 Å². The first-order valence-corrected chi connectivity index (χ1v) is 9.12. The molecule has 1 N–H and O–H groups in total. The molecule has 0 radical (unpaired) electrons. The van der Waals surface area contributed by atoms with Crippen molar-refractivity contribution in [3.63, 3.8) is 0 Å². The van der Waals surface area contributed by atoms with E-state index in [2.05, 4.69) is 22.3 Å². The molecular formula is C21H25N3O3. The topological polar surface area (TPSA) is 61.9 Å². The van der Waals surface area contributed by atoms with E-state index in [4.69, 9.17) is 4.74 Å². The molecule has 1 aliphatic rings. The summed E-state index contributed by atoms with van der Waals surface area (Å²) in [6.45, 7) is 4.59. The number of piperazine rings is 1. The second kappa shape index (κ2) is 8.58. The quantitative estimate of drug-likeness (QED) is 0.880. The zero-order valence-electron chi connectivity index (χ0n) is 15.7. The Morgan fingerprint density at radius 1 is 1.00 bits per heavy atom. The monoisotopic (exact) mass is 367 g/mol. The zero-order chi connectivity index (χ0) is 19.2. The molecule has 6 nitrogen and oxygen atoms in total. The van der Waals surface area contributed by atoms with Crippen LogP contribution in [-0.2, 0) is 4.79 Å². The summed E-state index contributed by atoms with van der Waals surface area (Å²) in [6.07, 6.45) is 0. The van der Waals surface area contributed by atoms with Gasteiger partial charge in [0, 0.05) is 37.4 Å². The molecule has 1 fully saturated rings. The molecule has 2 aromatic rings. The Hall–Kier alpha value is -3.02. The van der Waals surface area contributed by atoms with Gasteiger partial charge < -0.3 is 19.9 Å². The zero-order valence-corrected chi connectivity index (χ0v) is 15.7. The van der Waals surface area contributed by atoms with Gasteiger partial charge in [-0.2, -0.15) is 0 Å². The molecule has 2 aromatic carbocycles. The number of hydrogen-bond donors (Lipinski definition) is 1. The van der Waals surface area contributed by atoms with Crippen molar-refractivity contribution >= 4 is 17.5 Å². The maximum Gasteiger partial charge on any atom is 0.252 e. The van der Waals surface area contributed by atoms with Gasteiger partial charge >= 0.3 is 0 Å². The van der Waals surface area contributed by atoms with Crippen LogP contribution in [0, 0.1) is 0 Å². The lowest BCUT2D eigenvalue weighted by molar-refractivity contribution is -0.133. The van der Waals surface area contributed by atoms with Crippen LogP contribution in [0.4, 0.5) is 5.69 Å². The highest BCUT2D eigenvalue weighted by molar-refractivity contribution is 5.97. The number of rotatable bonds is 5. The Morgan fingerprint density at radius 2 is 1.70 bits per heavy atom. The van der Waals surface area contributed by atoms with Crippen molar-refractivity contribution in [2.75, 3.05) is 38.2 Å². The van der Waals surface area contributed by atoms with Gasteiger partial charge in [0.2, 0.25) is 5.91 Å². The average Bonchev–Trinajstić information content (AvgIpc) is 2.74. The Kier molecular flexibility index (Phi) is 5.96. The number of hydrogen-bond acceptors (Lipinski definition) is 4. The van der Waals surface area contributed by atoms with Crippen molar-refractivity contribution in [1.29, 1.82) is 0 Å². The van der Waals surface area contributed by atoms with E-state index in [-0.39, 0.29) is 11.8 Å². The van der Waals surface area contributed by atoms with Gasteiger partial charge in [-0.3, -0.25) is 9.59 Å². The van der Waals surface area contributed by atoms with Gasteiger partial charge in [0.1, 0.15) is 11.8 Å². The van der Waals surface area contributed by atoms with Crippen LogP contribution in [0.2, 0.25) is 0 Å². The van der Waals surface area contributed by atoms with E-state index in [1.807, 2.05) is 23.1 Å². The largest absolute Gasteiger partial charge is 0.497 e. The molecule has 6 heteroatoms. The normalized spacial score (nSPS) is 15.2. The molecule has 27 heavy (non-hydrogen) atoms. The first-order valence-electron chi connectivity index (χ1n) is 9.12. The van der Waals surface area contributed by atoms with Crippen molar-refractivity contribution in [2.45, 2.75) is 13.0 Å². The second-order valence-electron chi connectivity index (χ2n) is 6.57. The van der Waals surface area contributed by atoms with Crippen LogP contribution < -0.4 is 15.0 Å². The van der Waals surface area contributed by atoms with Crippen LogP contribution in [0.5, 0.6) is 5.75 Å². The van der Waals surface area contributed by atoms with E-state index in [1.165, 1.54) is 5.69 Å². The summed E-state index contributed by atoms with van der Waals surface area (Å²) in [7, 11) is 1.55. The lowest BCUT2D eigenvalue weighted by Gasteiger charge is -2.37. The predicted octanol–water partition coefficient (Wildman–Crippen LogP) is 2.16.